The number of carbonyl (C=O) groups excluding carboxylic acids is 1. The Balaban J connectivity index is 1.64. The number of thiazole rings is 1. The lowest BCUT2D eigenvalue weighted by Crippen LogP contribution is -2.48. The third kappa shape index (κ3) is 3.44. The fraction of sp³-hybridized carbons (Fsp3) is 0.625. The van der Waals surface area contributed by atoms with Gasteiger partial charge in [-0.05, 0) is 0 Å². The van der Waals surface area contributed by atoms with Crippen LogP contribution in [0.25, 0.3) is 11.6 Å². The predicted octanol–water partition coefficient (Wildman–Crippen LogP) is -1.24. The number of hydrogen-bond acceptors (Lipinski definition) is 8. The number of carbonyl (C=O) groups is 1. The lowest BCUT2D eigenvalue weighted by Gasteiger charge is -2.32. The van der Waals surface area contributed by atoms with Crippen molar-refractivity contribution in [2.45, 2.75) is 0 Å². The molecule has 0 aromatic carbocycles. The number of methoxy groups -OCH3 is 1. The van der Waals surface area contributed by atoms with E-state index in [1.807, 2.05) is 0 Å². The summed E-state index contributed by atoms with van der Waals surface area (Å²) in [4.78, 5) is 21.1. The molecule has 2 fully saturated rings. The average Bonchev–Trinajstić information content (AvgIpc) is 3.12. The molecule has 3 aliphatic rings. The Morgan fingerprint density at radius 2 is 1.88 bits per heavy atom. The van der Waals surface area contributed by atoms with Crippen LogP contribution in [0.1, 0.15) is 0 Å². The van der Waals surface area contributed by atoms with Crippen LogP contribution in [0.3, 0.4) is 0 Å². The van der Waals surface area contributed by atoms with Gasteiger partial charge in [0.1, 0.15) is 21.5 Å². The molecule has 4 rings (SSSR count). The van der Waals surface area contributed by atoms with Crippen LogP contribution in [0, 0.1) is 0 Å². The lowest BCUT2D eigenvalue weighted by atomic mass is 10.3. The summed E-state index contributed by atoms with van der Waals surface area (Å²) in [5.41, 5.74) is 0. The molecular weight excluding hydrogens is 358 g/mol. The molecule has 4 heterocycles. The maximum Gasteiger partial charge on any atom is 0.323 e. The Labute approximate surface area is 155 Å². The number of anilines is 1. The van der Waals surface area contributed by atoms with Crippen LogP contribution in [-0.4, -0.2) is 87.1 Å². The zero-order valence-electron chi connectivity index (χ0n) is 14.7. The van der Waals surface area contributed by atoms with Gasteiger partial charge in [-0.2, -0.15) is 0 Å². The highest BCUT2D eigenvalue weighted by molar-refractivity contribution is 7.13. The van der Waals surface area contributed by atoms with Crippen molar-refractivity contribution in [1.82, 2.24) is 20.1 Å². The van der Waals surface area contributed by atoms with Crippen LogP contribution >= 0.6 is 11.3 Å². The van der Waals surface area contributed by atoms with Gasteiger partial charge in [-0.15, -0.1) is 0 Å². The number of hydrogen-bond donors (Lipinski definition) is 2. The van der Waals surface area contributed by atoms with Gasteiger partial charge in [-0.3, -0.25) is 5.32 Å². The quantitative estimate of drug-likeness (QED) is 0.677. The minimum absolute atomic E-state index is 0.140. The van der Waals surface area contributed by atoms with Gasteiger partial charge >= 0.3 is 6.03 Å². The summed E-state index contributed by atoms with van der Waals surface area (Å²) in [7, 11) is 1.64. The standard InChI is InChI=1S/C16H23N5O4S/c1-23-11-10-17-14(20-2-6-24-7-3-20)13-12(11)18-15(26-13)19-16(22)21-4-8-25-9-5-21/h17H,2-10H2,1H3,(H,18,19,22). The van der Waals surface area contributed by atoms with Crippen LogP contribution < -0.4 is 20.5 Å². The van der Waals surface area contributed by atoms with Crippen molar-refractivity contribution in [1.29, 1.82) is 0 Å². The molecule has 142 valence electrons. The summed E-state index contributed by atoms with van der Waals surface area (Å²) in [6.45, 7) is 6.00. The number of urea groups is 1. The normalized spacial score (nSPS) is 20.5. The molecule has 0 radical (unpaired) electrons. The number of morpholine rings is 2. The second kappa shape index (κ2) is 7.68. The van der Waals surface area contributed by atoms with Crippen molar-refractivity contribution in [2.75, 3.05) is 71.6 Å². The largest absolute Gasteiger partial charge is 0.497 e. The Bertz CT molecular complexity index is 783. The SMILES string of the molecule is COC1=c2nc(NC(=O)N3CCOCC3)sc2=C(N2CCOCC2)NC1. The highest BCUT2D eigenvalue weighted by Gasteiger charge is 2.23. The summed E-state index contributed by atoms with van der Waals surface area (Å²) in [6.07, 6.45) is 0. The molecule has 0 bridgehead atoms. The third-order valence-corrected chi connectivity index (χ3v) is 5.59. The molecule has 2 N–H and O–H groups in total. The molecule has 0 spiro atoms. The zero-order chi connectivity index (χ0) is 17.9. The predicted molar refractivity (Wildman–Crippen MR) is 97.0 cm³/mol. The summed E-state index contributed by atoms with van der Waals surface area (Å²) >= 11 is 1.46. The molecule has 1 aromatic heterocycles. The van der Waals surface area contributed by atoms with Crippen molar-refractivity contribution in [3.05, 3.63) is 9.88 Å². The summed E-state index contributed by atoms with van der Waals surface area (Å²) < 4.78 is 17.2. The minimum atomic E-state index is -0.140. The summed E-state index contributed by atoms with van der Waals surface area (Å²) in [5, 5.41) is 7.73. The van der Waals surface area contributed by atoms with Crippen LogP contribution in [0.2, 0.25) is 0 Å². The number of rotatable bonds is 3. The van der Waals surface area contributed by atoms with E-state index in [-0.39, 0.29) is 6.03 Å². The summed E-state index contributed by atoms with van der Waals surface area (Å²) in [6, 6.07) is -0.140. The van der Waals surface area contributed by atoms with E-state index in [0.29, 0.717) is 51.2 Å². The van der Waals surface area contributed by atoms with Crippen LogP contribution in [0.5, 0.6) is 0 Å². The van der Waals surface area contributed by atoms with Gasteiger partial charge in [0.25, 0.3) is 0 Å². The first-order valence-corrected chi connectivity index (χ1v) is 9.56. The first-order chi connectivity index (χ1) is 12.8. The Morgan fingerprint density at radius 1 is 1.19 bits per heavy atom. The monoisotopic (exact) mass is 381 g/mol. The van der Waals surface area contributed by atoms with Crippen LogP contribution in [0.15, 0.2) is 0 Å². The third-order valence-electron chi connectivity index (χ3n) is 4.61. The van der Waals surface area contributed by atoms with Crippen LogP contribution in [-0.2, 0) is 14.2 Å². The molecule has 10 heteroatoms. The van der Waals surface area contributed by atoms with E-state index in [0.717, 1.165) is 34.6 Å². The van der Waals surface area contributed by atoms with Gasteiger partial charge in [0.15, 0.2) is 5.13 Å². The Kier molecular flexibility index (Phi) is 5.14. The lowest BCUT2D eigenvalue weighted by molar-refractivity contribution is 0.0564. The topological polar surface area (TPSA) is 88.2 Å². The number of ether oxygens (including phenoxy) is 3. The highest BCUT2D eigenvalue weighted by Crippen LogP contribution is 2.13. The molecule has 2 amide bonds. The van der Waals surface area contributed by atoms with Crippen molar-refractivity contribution >= 4 is 34.1 Å². The smallest absolute Gasteiger partial charge is 0.323 e. The van der Waals surface area contributed by atoms with Crippen molar-refractivity contribution < 1.29 is 19.0 Å². The molecule has 3 aliphatic heterocycles. The van der Waals surface area contributed by atoms with Crippen LogP contribution in [0.4, 0.5) is 9.93 Å². The number of aromatic nitrogens is 1. The molecule has 0 unspecified atom stereocenters. The van der Waals surface area contributed by atoms with Gasteiger partial charge in [0.05, 0.1) is 40.1 Å². The highest BCUT2D eigenvalue weighted by atomic mass is 32.1. The first-order valence-electron chi connectivity index (χ1n) is 8.75. The molecular formula is C16H23N5O4S. The maximum absolute atomic E-state index is 12.5. The van der Waals surface area contributed by atoms with Crippen molar-refractivity contribution in [3.63, 3.8) is 0 Å². The fourth-order valence-electron chi connectivity index (χ4n) is 3.20. The second-order valence-corrected chi connectivity index (χ2v) is 7.15. The molecule has 2 saturated heterocycles. The van der Waals surface area contributed by atoms with Crippen molar-refractivity contribution in [2.24, 2.45) is 0 Å². The van der Waals surface area contributed by atoms with E-state index in [2.05, 4.69) is 20.5 Å². The van der Waals surface area contributed by atoms with E-state index in [1.165, 1.54) is 11.3 Å². The first kappa shape index (κ1) is 17.4. The fourth-order valence-corrected chi connectivity index (χ4v) is 4.22. The molecule has 0 saturated carbocycles. The summed E-state index contributed by atoms with van der Waals surface area (Å²) in [5.74, 6) is 1.81. The van der Waals surface area contributed by atoms with Gasteiger partial charge in [-0.1, -0.05) is 11.3 Å². The number of fused-ring (bicyclic) bond motifs is 1. The Morgan fingerprint density at radius 3 is 2.58 bits per heavy atom. The molecule has 0 aliphatic carbocycles. The van der Waals surface area contributed by atoms with E-state index < -0.39 is 0 Å². The number of amides is 2. The van der Waals surface area contributed by atoms with E-state index in [4.69, 9.17) is 14.2 Å². The Hall–Kier alpha value is -2.04. The second-order valence-electron chi connectivity index (χ2n) is 6.16. The van der Waals surface area contributed by atoms with Crippen molar-refractivity contribution in [3.8, 4) is 0 Å². The maximum atomic E-state index is 12.5. The minimum Gasteiger partial charge on any atom is -0.497 e. The number of nitrogens with one attached hydrogen (secondary N) is 2. The van der Waals surface area contributed by atoms with E-state index in [9.17, 15) is 4.79 Å². The molecule has 0 atom stereocenters. The number of nitrogens with zero attached hydrogens (tertiary/aromatic N) is 3. The van der Waals surface area contributed by atoms with E-state index >= 15 is 0 Å². The van der Waals surface area contributed by atoms with Gasteiger partial charge in [0.2, 0.25) is 0 Å². The van der Waals surface area contributed by atoms with Gasteiger partial charge < -0.3 is 29.3 Å². The molecule has 9 nitrogen and oxygen atoms in total. The molecule has 26 heavy (non-hydrogen) atoms. The zero-order valence-corrected chi connectivity index (χ0v) is 15.6. The van der Waals surface area contributed by atoms with E-state index in [1.54, 1.807) is 12.0 Å². The van der Waals surface area contributed by atoms with Gasteiger partial charge in [0, 0.05) is 26.2 Å². The molecule has 1 aromatic rings. The van der Waals surface area contributed by atoms with Gasteiger partial charge in [-0.25, -0.2) is 9.78 Å². The average molecular weight is 381 g/mol.